The van der Waals surface area contributed by atoms with E-state index in [0.717, 1.165) is 44.9 Å². The van der Waals surface area contributed by atoms with Gasteiger partial charge in [0, 0.05) is 44.4 Å². The maximum atomic E-state index is 14.3. The standard InChI is InChI=1S/C35H52N4O7S/c1-25-22-39(26(2)24-40)34(41)31-21-29(37-35(42)36-28-14-7-5-8-15-28)18-19-32(31)46-27(3)13-11-12-20-45-33(25)23-38(4)47(43,44)30-16-9-6-10-17-30/h6,9-10,16-19,21,25-28,33,40H,5,7-8,11-15,20,22-24H2,1-4H3,(H2,36,37,42)/t25-,26-,27-,33-/m0/s1. The van der Waals surface area contributed by atoms with E-state index in [1.807, 2.05) is 13.8 Å². The first-order valence-corrected chi connectivity index (χ1v) is 18.4. The number of likely N-dealkylation sites (N-methyl/N-ethyl adjacent to an activating group) is 1. The number of urea groups is 1. The topological polar surface area (TPSA) is 138 Å². The van der Waals surface area contributed by atoms with Crippen molar-refractivity contribution in [3.8, 4) is 5.75 Å². The molecule has 0 unspecified atom stereocenters. The SMILES string of the molecule is C[C@H]1CCCCO[C@@H](CN(C)S(=O)(=O)c2ccccc2)[C@@H](C)CN([C@@H](C)CO)C(=O)c2cc(NC(=O)NC3CCCCC3)ccc2O1. The summed E-state index contributed by atoms with van der Waals surface area (Å²) in [4.78, 5) is 29.0. The number of hydrogen-bond donors (Lipinski definition) is 3. The third kappa shape index (κ3) is 10.2. The average Bonchev–Trinajstić information content (AvgIpc) is 3.06. The van der Waals surface area contributed by atoms with Crippen LogP contribution in [0.25, 0.3) is 0 Å². The molecule has 3 N–H and O–H groups in total. The van der Waals surface area contributed by atoms with Crippen LogP contribution in [0.3, 0.4) is 0 Å². The summed E-state index contributed by atoms with van der Waals surface area (Å²) < 4.78 is 40.6. The highest BCUT2D eigenvalue weighted by Gasteiger charge is 2.32. The highest BCUT2D eigenvalue weighted by atomic mass is 32.2. The average molecular weight is 673 g/mol. The minimum atomic E-state index is -3.76. The molecule has 0 radical (unpaired) electrons. The molecule has 1 fully saturated rings. The number of nitrogens with zero attached hydrogens (tertiary/aromatic N) is 2. The zero-order valence-corrected chi connectivity index (χ0v) is 29.0. The first kappa shape index (κ1) is 36.6. The van der Waals surface area contributed by atoms with Crippen LogP contribution in [0.15, 0.2) is 53.4 Å². The van der Waals surface area contributed by atoms with Gasteiger partial charge in [-0.1, -0.05) is 44.4 Å². The molecule has 1 aliphatic heterocycles. The first-order valence-electron chi connectivity index (χ1n) is 16.9. The van der Waals surface area contributed by atoms with Crippen molar-refractivity contribution in [1.29, 1.82) is 0 Å². The van der Waals surface area contributed by atoms with Gasteiger partial charge in [-0.25, -0.2) is 13.2 Å². The van der Waals surface area contributed by atoms with E-state index < -0.39 is 22.2 Å². The summed E-state index contributed by atoms with van der Waals surface area (Å²) in [6.07, 6.45) is 6.85. The smallest absolute Gasteiger partial charge is 0.319 e. The molecule has 0 spiro atoms. The summed E-state index contributed by atoms with van der Waals surface area (Å²) in [5.74, 6) is -0.254. The number of sulfonamides is 1. The Hall–Kier alpha value is -3.19. The van der Waals surface area contributed by atoms with E-state index in [1.54, 1.807) is 60.4 Å². The van der Waals surface area contributed by atoms with Crippen LogP contribution in [-0.4, -0.2) is 92.3 Å². The van der Waals surface area contributed by atoms with Crippen LogP contribution in [0.1, 0.15) is 82.5 Å². The fourth-order valence-electron chi connectivity index (χ4n) is 6.19. The van der Waals surface area contributed by atoms with Crippen molar-refractivity contribution in [2.75, 3.05) is 38.7 Å². The number of fused-ring (bicyclic) bond motifs is 1. The number of aliphatic hydroxyl groups excluding tert-OH is 1. The predicted octanol–water partition coefficient (Wildman–Crippen LogP) is 5.26. The molecule has 11 nitrogen and oxygen atoms in total. The fourth-order valence-corrected chi connectivity index (χ4v) is 7.39. The molecule has 1 aliphatic carbocycles. The van der Waals surface area contributed by atoms with E-state index in [0.29, 0.717) is 18.0 Å². The summed E-state index contributed by atoms with van der Waals surface area (Å²) >= 11 is 0. The monoisotopic (exact) mass is 672 g/mol. The Kier molecular flexibility index (Phi) is 13.5. The molecule has 4 atom stereocenters. The third-order valence-corrected chi connectivity index (χ3v) is 11.0. The van der Waals surface area contributed by atoms with E-state index >= 15 is 0 Å². The molecule has 3 amide bonds. The van der Waals surface area contributed by atoms with Crippen molar-refractivity contribution >= 4 is 27.6 Å². The van der Waals surface area contributed by atoms with Crippen LogP contribution in [0.5, 0.6) is 5.75 Å². The molecule has 260 valence electrons. The third-order valence-electron chi connectivity index (χ3n) is 9.14. The lowest BCUT2D eigenvalue weighted by Crippen LogP contribution is -2.48. The van der Waals surface area contributed by atoms with Crippen LogP contribution in [-0.2, 0) is 14.8 Å². The van der Waals surface area contributed by atoms with Gasteiger partial charge in [-0.05, 0) is 76.3 Å². The maximum absolute atomic E-state index is 14.3. The van der Waals surface area contributed by atoms with Crippen molar-refractivity contribution in [2.24, 2.45) is 5.92 Å². The van der Waals surface area contributed by atoms with Crippen LogP contribution >= 0.6 is 0 Å². The normalized spacial score (nSPS) is 22.9. The number of carbonyl (C=O) groups excluding carboxylic acids is 2. The molecule has 2 aliphatic rings. The van der Waals surface area contributed by atoms with Gasteiger partial charge in [-0.3, -0.25) is 4.79 Å². The Bertz CT molecular complexity index is 1420. The zero-order chi connectivity index (χ0) is 34.0. The molecule has 0 saturated heterocycles. The quantitative estimate of drug-likeness (QED) is 0.348. The first-order chi connectivity index (χ1) is 22.5. The maximum Gasteiger partial charge on any atom is 0.319 e. The number of rotatable bonds is 8. The van der Waals surface area contributed by atoms with Crippen LogP contribution in [0, 0.1) is 5.92 Å². The lowest BCUT2D eigenvalue weighted by Gasteiger charge is -2.35. The van der Waals surface area contributed by atoms with E-state index in [4.69, 9.17) is 9.47 Å². The van der Waals surface area contributed by atoms with Gasteiger partial charge in [-0.15, -0.1) is 0 Å². The van der Waals surface area contributed by atoms with Crippen LogP contribution < -0.4 is 15.4 Å². The van der Waals surface area contributed by atoms with Gasteiger partial charge >= 0.3 is 6.03 Å². The summed E-state index contributed by atoms with van der Waals surface area (Å²) in [6.45, 7) is 6.08. The Labute approximate surface area is 280 Å². The van der Waals surface area contributed by atoms with Gasteiger partial charge < -0.3 is 30.1 Å². The Balaban J connectivity index is 1.60. The second kappa shape index (κ2) is 17.3. The molecule has 1 saturated carbocycles. The molecule has 0 bridgehead atoms. The molecular weight excluding hydrogens is 620 g/mol. The summed E-state index contributed by atoms with van der Waals surface area (Å²) in [5.41, 5.74) is 0.736. The van der Waals surface area contributed by atoms with Gasteiger partial charge in [0.05, 0.1) is 35.3 Å². The highest BCUT2D eigenvalue weighted by molar-refractivity contribution is 7.89. The number of ether oxygens (including phenoxy) is 2. The fraction of sp³-hybridized carbons (Fsp3) is 0.600. The van der Waals surface area contributed by atoms with Crippen molar-refractivity contribution in [2.45, 2.75) is 101 Å². The number of amides is 3. The Morgan fingerprint density at radius 2 is 1.74 bits per heavy atom. The molecule has 47 heavy (non-hydrogen) atoms. The van der Waals surface area contributed by atoms with Crippen LogP contribution in [0.2, 0.25) is 0 Å². The lowest BCUT2D eigenvalue weighted by molar-refractivity contribution is -0.00833. The van der Waals surface area contributed by atoms with Crippen molar-refractivity contribution < 1.29 is 32.6 Å². The minimum absolute atomic E-state index is 0.0915. The molecule has 2 aromatic carbocycles. The number of benzene rings is 2. The number of aliphatic hydroxyl groups is 1. The molecule has 2 aromatic rings. The van der Waals surface area contributed by atoms with E-state index in [-0.39, 0.29) is 60.2 Å². The van der Waals surface area contributed by atoms with Gasteiger partial charge in [0.15, 0.2) is 0 Å². The number of hydrogen-bond acceptors (Lipinski definition) is 7. The molecular formula is C35H52N4O7S. The highest BCUT2D eigenvalue weighted by Crippen LogP contribution is 2.29. The Morgan fingerprint density at radius 3 is 2.45 bits per heavy atom. The van der Waals surface area contributed by atoms with Crippen molar-refractivity contribution in [3.63, 3.8) is 0 Å². The zero-order valence-electron chi connectivity index (χ0n) is 28.2. The second-order valence-corrected chi connectivity index (χ2v) is 15.1. The number of anilines is 1. The Morgan fingerprint density at radius 1 is 1.04 bits per heavy atom. The number of nitrogens with one attached hydrogen (secondary N) is 2. The molecule has 12 heteroatoms. The van der Waals surface area contributed by atoms with E-state index in [2.05, 4.69) is 10.6 Å². The summed E-state index contributed by atoms with van der Waals surface area (Å²) in [5, 5.41) is 16.2. The minimum Gasteiger partial charge on any atom is -0.490 e. The molecule has 4 rings (SSSR count). The summed E-state index contributed by atoms with van der Waals surface area (Å²) in [6, 6.07) is 12.6. The summed E-state index contributed by atoms with van der Waals surface area (Å²) in [7, 11) is -2.22. The van der Waals surface area contributed by atoms with Gasteiger partial charge in [0.1, 0.15) is 5.75 Å². The van der Waals surface area contributed by atoms with Crippen LogP contribution in [0.4, 0.5) is 10.5 Å². The van der Waals surface area contributed by atoms with Gasteiger partial charge in [-0.2, -0.15) is 4.31 Å². The van der Waals surface area contributed by atoms with Gasteiger partial charge in [0.25, 0.3) is 5.91 Å². The predicted molar refractivity (Wildman–Crippen MR) is 182 cm³/mol. The van der Waals surface area contributed by atoms with Gasteiger partial charge in [0.2, 0.25) is 10.0 Å². The molecule has 0 aromatic heterocycles. The number of carbonyl (C=O) groups is 2. The van der Waals surface area contributed by atoms with Crippen molar-refractivity contribution in [1.82, 2.24) is 14.5 Å². The second-order valence-electron chi connectivity index (χ2n) is 13.0. The molecule has 1 heterocycles. The van der Waals surface area contributed by atoms with E-state index in [1.165, 1.54) is 17.8 Å². The lowest BCUT2D eigenvalue weighted by atomic mass is 9.96. The largest absolute Gasteiger partial charge is 0.490 e. The van der Waals surface area contributed by atoms with Crippen molar-refractivity contribution in [3.05, 3.63) is 54.1 Å². The van der Waals surface area contributed by atoms with E-state index in [9.17, 15) is 23.1 Å².